The number of carbonyl (C=O) groups is 1. The summed E-state index contributed by atoms with van der Waals surface area (Å²) in [7, 11) is 0. The third-order valence-electron chi connectivity index (χ3n) is 5.54. The minimum atomic E-state index is -0.0117. The van der Waals surface area contributed by atoms with Crippen LogP contribution in [0.1, 0.15) is 80.0 Å². The predicted octanol–water partition coefficient (Wildman–Crippen LogP) is 4.59. The second kappa shape index (κ2) is 9.36. The van der Waals surface area contributed by atoms with Gasteiger partial charge in [0.2, 0.25) is 0 Å². The normalized spacial score (nSPS) is 20.6. The number of amides is 1. The fourth-order valence-corrected chi connectivity index (χ4v) is 4.01. The molecular weight excluding hydrogens is 338 g/mol. The summed E-state index contributed by atoms with van der Waals surface area (Å²) in [5, 5.41) is 3.24. The van der Waals surface area contributed by atoms with Crippen LogP contribution in [0.3, 0.4) is 0 Å². The first-order valence-electron chi connectivity index (χ1n) is 10.5. The maximum absolute atomic E-state index is 12.9. The van der Waals surface area contributed by atoms with Crippen molar-refractivity contribution in [2.75, 3.05) is 6.61 Å². The van der Waals surface area contributed by atoms with Gasteiger partial charge < -0.3 is 14.5 Å². The van der Waals surface area contributed by atoms with Gasteiger partial charge in [-0.05, 0) is 64.5 Å². The fourth-order valence-electron chi connectivity index (χ4n) is 4.01. The van der Waals surface area contributed by atoms with E-state index in [1.807, 2.05) is 36.6 Å². The van der Waals surface area contributed by atoms with Crippen LogP contribution >= 0.6 is 0 Å². The molecule has 0 saturated heterocycles. The van der Waals surface area contributed by atoms with Crippen LogP contribution in [0.4, 0.5) is 0 Å². The molecule has 0 aliphatic heterocycles. The standard InChI is InChI=1S/C22H33N3O2/c1-4-5-6-14-27-19-9-7-8-18(10-11-19)24-22(26)20-12-13-25-17(3)15-16(2)23-21(20)25/h12-13,15,18-19H,4-11,14H2,1-3H3,(H,24,26)/t18-,19+/m0/s1. The lowest BCUT2D eigenvalue weighted by Gasteiger charge is -2.17. The third-order valence-corrected chi connectivity index (χ3v) is 5.54. The molecule has 1 amide bonds. The maximum Gasteiger partial charge on any atom is 0.255 e. The zero-order valence-corrected chi connectivity index (χ0v) is 17.0. The Morgan fingerprint density at radius 3 is 2.93 bits per heavy atom. The van der Waals surface area contributed by atoms with E-state index >= 15 is 0 Å². The van der Waals surface area contributed by atoms with Gasteiger partial charge in [-0.3, -0.25) is 4.79 Å². The summed E-state index contributed by atoms with van der Waals surface area (Å²) < 4.78 is 8.03. The van der Waals surface area contributed by atoms with E-state index in [1.165, 1.54) is 12.8 Å². The van der Waals surface area contributed by atoms with Crippen molar-refractivity contribution in [3.63, 3.8) is 0 Å². The number of aryl methyl sites for hydroxylation is 2. The number of unbranched alkanes of at least 4 members (excludes halogenated alkanes) is 2. The topological polar surface area (TPSA) is 55.6 Å². The van der Waals surface area contributed by atoms with Crippen molar-refractivity contribution in [1.82, 2.24) is 14.7 Å². The molecule has 3 rings (SSSR count). The van der Waals surface area contributed by atoms with Gasteiger partial charge in [-0.2, -0.15) is 0 Å². The minimum absolute atomic E-state index is 0.0117. The maximum atomic E-state index is 12.9. The highest BCUT2D eigenvalue weighted by Gasteiger charge is 2.22. The van der Waals surface area contributed by atoms with Crippen LogP contribution in [0.25, 0.3) is 5.65 Å². The van der Waals surface area contributed by atoms with Crippen LogP contribution in [-0.4, -0.2) is 34.0 Å². The molecule has 0 spiro atoms. The second-order valence-electron chi connectivity index (χ2n) is 7.84. The zero-order valence-electron chi connectivity index (χ0n) is 17.0. The Labute approximate surface area is 162 Å². The molecule has 1 N–H and O–H groups in total. The van der Waals surface area contributed by atoms with E-state index in [-0.39, 0.29) is 11.9 Å². The van der Waals surface area contributed by atoms with E-state index in [1.54, 1.807) is 0 Å². The average Bonchev–Trinajstić information content (AvgIpc) is 2.94. The smallest absolute Gasteiger partial charge is 0.255 e. The van der Waals surface area contributed by atoms with E-state index in [9.17, 15) is 4.79 Å². The van der Waals surface area contributed by atoms with Gasteiger partial charge in [0, 0.05) is 30.2 Å². The summed E-state index contributed by atoms with van der Waals surface area (Å²) in [5.74, 6) is -0.0117. The molecule has 1 aliphatic rings. The number of fused-ring (bicyclic) bond motifs is 1. The first kappa shape index (κ1) is 19.9. The summed E-state index contributed by atoms with van der Waals surface area (Å²) in [6.45, 7) is 7.09. The molecule has 0 aromatic carbocycles. The van der Waals surface area contributed by atoms with Crippen molar-refractivity contribution < 1.29 is 9.53 Å². The van der Waals surface area contributed by atoms with E-state index in [0.717, 1.165) is 62.2 Å². The Bertz CT molecular complexity index is 768. The molecule has 2 heterocycles. The summed E-state index contributed by atoms with van der Waals surface area (Å²) in [6.07, 6.45) is 11.2. The average molecular weight is 372 g/mol. The van der Waals surface area contributed by atoms with E-state index in [4.69, 9.17) is 4.74 Å². The highest BCUT2D eigenvalue weighted by Crippen LogP contribution is 2.22. The number of hydrogen-bond donors (Lipinski definition) is 1. The summed E-state index contributed by atoms with van der Waals surface area (Å²) in [5.41, 5.74) is 3.44. The van der Waals surface area contributed by atoms with Crippen LogP contribution in [0.2, 0.25) is 0 Å². The summed E-state index contributed by atoms with van der Waals surface area (Å²) >= 11 is 0. The SMILES string of the molecule is CCCCCO[C@@H]1CCC[C@H](NC(=O)c2ccn3c(C)cc(C)nc23)CC1. The van der Waals surface area contributed by atoms with Gasteiger partial charge in [0.25, 0.3) is 5.91 Å². The lowest BCUT2D eigenvalue weighted by Crippen LogP contribution is -2.34. The number of nitrogens with one attached hydrogen (secondary N) is 1. The molecule has 148 valence electrons. The second-order valence-corrected chi connectivity index (χ2v) is 7.84. The van der Waals surface area contributed by atoms with Crippen molar-refractivity contribution in [3.05, 3.63) is 35.3 Å². The monoisotopic (exact) mass is 371 g/mol. The van der Waals surface area contributed by atoms with Crippen molar-refractivity contribution in [1.29, 1.82) is 0 Å². The third kappa shape index (κ3) is 5.10. The Morgan fingerprint density at radius 2 is 2.11 bits per heavy atom. The molecule has 27 heavy (non-hydrogen) atoms. The number of nitrogens with zero attached hydrogens (tertiary/aromatic N) is 2. The van der Waals surface area contributed by atoms with Gasteiger partial charge in [0.15, 0.2) is 0 Å². The predicted molar refractivity (Wildman–Crippen MR) is 108 cm³/mol. The Kier molecular flexibility index (Phi) is 6.89. The van der Waals surface area contributed by atoms with Crippen LogP contribution < -0.4 is 5.32 Å². The van der Waals surface area contributed by atoms with Gasteiger partial charge in [0.1, 0.15) is 5.65 Å². The van der Waals surface area contributed by atoms with Crippen molar-refractivity contribution in [3.8, 4) is 0 Å². The van der Waals surface area contributed by atoms with Gasteiger partial charge in [0.05, 0.1) is 11.7 Å². The molecule has 5 nitrogen and oxygen atoms in total. The highest BCUT2D eigenvalue weighted by atomic mass is 16.5. The molecule has 0 radical (unpaired) electrons. The number of hydrogen-bond acceptors (Lipinski definition) is 3. The molecular formula is C22H33N3O2. The molecule has 1 saturated carbocycles. The first-order valence-corrected chi connectivity index (χ1v) is 10.5. The highest BCUT2D eigenvalue weighted by molar-refractivity contribution is 6.00. The van der Waals surface area contributed by atoms with Crippen molar-refractivity contribution in [2.24, 2.45) is 0 Å². The molecule has 0 unspecified atom stereocenters. The van der Waals surface area contributed by atoms with E-state index < -0.39 is 0 Å². The molecule has 2 aromatic heterocycles. The molecule has 2 aromatic rings. The fraction of sp³-hybridized carbons (Fsp3) is 0.636. The number of aromatic nitrogens is 2. The summed E-state index contributed by atoms with van der Waals surface area (Å²) in [4.78, 5) is 17.4. The summed E-state index contributed by atoms with van der Waals surface area (Å²) in [6, 6.07) is 4.13. The Balaban J connectivity index is 1.57. The largest absolute Gasteiger partial charge is 0.378 e. The van der Waals surface area contributed by atoms with Crippen LogP contribution in [-0.2, 0) is 4.74 Å². The molecule has 0 bridgehead atoms. The molecule has 1 aliphatic carbocycles. The van der Waals surface area contributed by atoms with Crippen LogP contribution in [0.5, 0.6) is 0 Å². The number of rotatable bonds is 7. The lowest BCUT2D eigenvalue weighted by molar-refractivity contribution is 0.0404. The van der Waals surface area contributed by atoms with Crippen molar-refractivity contribution in [2.45, 2.75) is 84.3 Å². The molecule has 2 atom stereocenters. The van der Waals surface area contributed by atoms with E-state index in [2.05, 4.69) is 17.2 Å². The van der Waals surface area contributed by atoms with Gasteiger partial charge in [-0.15, -0.1) is 0 Å². The zero-order chi connectivity index (χ0) is 19.2. The van der Waals surface area contributed by atoms with Crippen molar-refractivity contribution >= 4 is 11.6 Å². The van der Waals surface area contributed by atoms with Gasteiger partial charge in [-0.25, -0.2) is 4.98 Å². The van der Waals surface area contributed by atoms with Gasteiger partial charge >= 0.3 is 0 Å². The van der Waals surface area contributed by atoms with Gasteiger partial charge in [-0.1, -0.05) is 19.8 Å². The van der Waals surface area contributed by atoms with Crippen LogP contribution in [0, 0.1) is 13.8 Å². The minimum Gasteiger partial charge on any atom is -0.378 e. The Morgan fingerprint density at radius 1 is 1.26 bits per heavy atom. The Hall–Kier alpha value is -1.88. The number of carbonyl (C=O) groups excluding carboxylic acids is 1. The number of ether oxygens (including phenoxy) is 1. The quantitative estimate of drug-likeness (QED) is 0.572. The molecule has 5 heteroatoms. The van der Waals surface area contributed by atoms with E-state index in [0.29, 0.717) is 11.7 Å². The van der Waals surface area contributed by atoms with Crippen LogP contribution in [0.15, 0.2) is 18.3 Å². The molecule has 1 fully saturated rings. The first-order chi connectivity index (χ1) is 13.1. The lowest BCUT2D eigenvalue weighted by atomic mass is 10.1.